The van der Waals surface area contributed by atoms with Gasteiger partial charge in [0.15, 0.2) is 0 Å². The van der Waals surface area contributed by atoms with Gasteiger partial charge in [0.1, 0.15) is 22.6 Å². The molecule has 2 aromatic carbocycles. The fraction of sp³-hybridized carbons (Fsp3) is 0.158. The van der Waals surface area contributed by atoms with Crippen molar-refractivity contribution in [2.75, 3.05) is 12.4 Å². The van der Waals surface area contributed by atoms with Gasteiger partial charge in [0.2, 0.25) is 0 Å². The lowest BCUT2D eigenvalue weighted by atomic mass is 10.1. The van der Waals surface area contributed by atoms with Crippen LogP contribution in [-0.4, -0.2) is 17.9 Å². The summed E-state index contributed by atoms with van der Waals surface area (Å²) in [6.07, 6.45) is 0. The Morgan fingerprint density at radius 2 is 1.85 bits per heavy atom. The van der Waals surface area contributed by atoms with Crippen LogP contribution >= 0.6 is 0 Å². The molecule has 0 atom stereocenters. The number of aryl methyl sites for hydroxylation is 2. The summed E-state index contributed by atoms with van der Waals surface area (Å²) in [6.45, 7) is 3.51. The number of carbonyl (C=O) groups is 1. The Balaban J connectivity index is 2.02. The number of nitrogens with one attached hydrogen (secondary N) is 1. The van der Waals surface area contributed by atoms with Crippen molar-refractivity contribution in [2.45, 2.75) is 13.8 Å². The number of carbonyl (C=O) groups excluding carboxylic acids is 1. The van der Waals surface area contributed by atoms with Crippen molar-refractivity contribution < 1.29 is 18.9 Å². The number of anilines is 1. The monoisotopic (exact) mass is 368 g/mol. The minimum absolute atomic E-state index is 0.0160. The first kappa shape index (κ1) is 18.1. The summed E-state index contributed by atoms with van der Waals surface area (Å²) in [5.74, 6) is -0.276. The van der Waals surface area contributed by atoms with Gasteiger partial charge in [-0.2, -0.15) is 0 Å². The number of amides is 1. The third kappa shape index (κ3) is 3.50. The molecule has 8 heteroatoms. The predicted octanol–water partition coefficient (Wildman–Crippen LogP) is 3.58. The van der Waals surface area contributed by atoms with Gasteiger partial charge in [-0.25, -0.2) is 4.79 Å². The van der Waals surface area contributed by atoms with Crippen molar-refractivity contribution >= 4 is 28.3 Å². The summed E-state index contributed by atoms with van der Waals surface area (Å²) in [5, 5.41) is 14.2. The molecule has 0 aliphatic carbocycles. The van der Waals surface area contributed by atoms with Crippen LogP contribution in [0.2, 0.25) is 0 Å². The van der Waals surface area contributed by atoms with Gasteiger partial charge in [0, 0.05) is 17.5 Å². The maximum Gasteiger partial charge on any atom is 0.349 e. The van der Waals surface area contributed by atoms with E-state index in [-0.39, 0.29) is 22.5 Å². The van der Waals surface area contributed by atoms with E-state index in [0.717, 1.165) is 11.1 Å². The lowest BCUT2D eigenvalue weighted by Gasteiger charge is -2.09. The number of methoxy groups -OCH3 is 1. The van der Waals surface area contributed by atoms with Crippen LogP contribution in [-0.2, 0) is 0 Å². The molecule has 27 heavy (non-hydrogen) atoms. The van der Waals surface area contributed by atoms with E-state index in [1.165, 1.54) is 31.4 Å². The van der Waals surface area contributed by atoms with E-state index in [4.69, 9.17) is 9.15 Å². The minimum Gasteiger partial charge on any atom is -0.497 e. The maximum atomic E-state index is 12.6. The lowest BCUT2D eigenvalue weighted by Crippen LogP contribution is -2.21. The Labute approximate surface area is 153 Å². The average Bonchev–Trinajstić information content (AvgIpc) is 2.63. The summed E-state index contributed by atoms with van der Waals surface area (Å²) in [5.41, 5.74) is 0.434. The van der Waals surface area contributed by atoms with Crippen molar-refractivity contribution in [3.8, 4) is 5.75 Å². The molecule has 0 unspecified atom stereocenters. The Hall–Kier alpha value is -3.68. The normalized spacial score (nSPS) is 10.6. The van der Waals surface area contributed by atoms with Crippen LogP contribution in [0.1, 0.15) is 21.5 Å². The van der Waals surface area contributed by atoms with E-state index >= 15 is 0 Å². The SMILES string of the molecule is COc1ccc2cc(C(=O)Nc3cc(C)c(C)cc3[N+](=O)[O-])c(=O)oc2c1. The van der Waals surface area contributed by atoms with Gasteiger partial charge < -0.3 is 14.5 Å². The van der Waals surface area contributed by atoms with Crippen LogP contribution in [0.3, 0.4) is 0 Å². The van der Waals surface area contributed by atoms with E-state index in [2.05, 4.69) is 5.32 Å². The first-order chi connectivity index (χ1) is 12.8. The quantitative estimate of drug-likeness (QED) is 0.428. The van der Waals surface area contributed by atoms with Gasteiger partial charge in [-0.1, -0.05) is 0 Å². The van der Waals surface area contributed by atoms with E-state index in [0.29, 0.717) is 11.1 Å². The van der Waals surface area contributed by atoms with Crippen molar-refractivity contribution in [3.05, 3.63) is 73.6 Å². The van der Waals surface area contributed by atoms with Crippen LogP contribution < -0.4 is 15.7 Å². The first-order valence-electron chi connectivity index (χ1n) is 7.99. The number of fused-ring (bicyclic) bond motifs is 1. The number of hydrogen-bond acceptors (Lipinski definition) is 6. The van der Waals surface area contributed by atoms with Crippen LogP contribution in [0.4, 0.5) is 11.4 Å². The Kier molecular flexibility index (Phi) is 4.64. The second-order valence-electron chi connectivity index (χ2n) is 6.02. The zero-order chi connectivity index (χ0) is 19.7. The highest BCUT2D eigenvalue weighted by Gasteiger charge is 2.20. The zero-order valence-corrected chi connectivity index (χ0v) is 14.9. The van der Waals surface area contributed by atoms with Crippen molar-refractivity contribution in [3.63, 3.8) is 0 Å². The summed E-state index contributed by atoms with van der Waals surface area (Å²) >= 11 is 0. The van der Waals surface area contributed by atoms with Crippen molar-refractivity contribution in [1.29, 1.82) is 0 Å². The number of nitro benzene ring substituents is 1. The summed E-state index contributed by atoms with van der Waals surface area (Å²) in [6, 6.07) is 9.10. The van der Waals surface area contributed by atoms with E-state index in [1.54, 1.807) is 26.0 Å². The molecule has 1 heterocycles. The molecule has 1 amide bonds. The maximum absolute atomic E-state index is 12.6. The number of benzene rings is 2. The van der Waals surface area contributed by atoms with E-state index < -0.39 is 16.5 Å². The summed E-state index contributed by atoms with van der Waals surface area (Å²) in [4.78, 5) is 35.4. The first-order valence-corrected chi connectivity index (χ1v) is 7.99. The molecule has 0 aliphatic heterocycles. The number of rotatable bonds is 4. The molecule has 0 saturated heterocycles. The molecule has 3 rings (SSSR count). The van der Waals surface area contributed by atoms with Gasteiger partial charge in [0.25, 0.3) is 11.6 Å². The van der Waals surface area contributed by atoms with Crippen LogP contribution in [0.5, 0.6) is 5.75 Å². The van der Waals surface area contributed by atoms with E-state index in [1.807, 2.05) is 0 Å². The van der Waals surface area contributed by atoms with Gasteiger partial charge in [0.05, 0.1) is 12.0 Å². The molecule has 0 saturated carbocycles. The Bertz CT molecular complexity index is 1130. The molecule has 3 aromatic rings. The standard InChI is InChI=1S/C19H16N2O6/c1-10-6-15(16(21(24)25)7-11(10)2)20-18(22)14-8-12-4-5-13(26-3)9-17(12)27-19(14)23/h4-9H,1-3H3,(H,20,22). The van der Waals surface area contributed by atoms with Crippen LogP contribution in [0.15, 0.2) is 45.6 Å². The highest BCUT2D eigenvalue weighted by Crippen LogP contribution is 2.28. The molecule has 1 N–H and O–H groups in total. The fourth-order valence-corrected chi connectivity index (χ4v) is 2.62. The van der Waals surface area contributed by atoms with Gasteiger partial charge >= 0.3 is 5.63 Å². The predicted molar refractivity (Wildman–Crippen MR) is 99.6 cm³/mol. The minimum atomic E-state index is -0.847. The number of hydrogen-bond donors (Lipinski definition) is 1. The van der Waals surface area contributed by atoms with Crippen molar-refractivity contribution in [1.82, 2.24) is 0 Å². The largest absolute Gasteiger partial charge is 0.497 e. The molecule has 0 fully saturated rings. The highest BCUT2D eigenvalue weighted by atomic mass is 16.6. The van der Waals surface area contributed by atoms with Crippen LogP contribution in [0.25, 0.3) is 11.0 Å². The number of ether oxygens (including phenoxy) is 1. The average molecular weight is 368 g/mol. The van der Waals surface area contributed by atoms with Crippen molar-refractivity contribution in [2.24, 2.45) is 0 Å². The van der Waals surface area contributed by atoms with Gasteiger partial charge in [-0.3, -0.25) is 14.9 Å². The molecule has 0 bridgehead atoms. The molecule has 0 radical (unpaired) electrons. The smallest absolute Gasteiger partial charge is 0.349 e. The molecule has 0 spiro atoms. The molecular formula is C19H16N2O6. The number of nitrogens with zero attached hydrogens (tertiary/aromatic N) is 1. The topological polar surface area (TPSA) is 112 Å². The second-order valence-corrected chi connectivity index (χ2v) is 6.02. The zero-order valence-electron chi connectivity index (χ0n) is 14.9. The Morgan fingerprint density at radius 1 is 1.15 bits per heavy atom. The third-order valence-corrected chi connectivity index (χ3v) is 4.24. The molecular weight excluding hydrogens is 352 g/mol. The fourth-order valence-electron chi connectivity index (χ4n) is 2.62. The second kappa shape index (κ2) is 6.91. The molecule has 138 valence electrons. The third-order valence-electron chi connectivity index (χ3n) is 4.24. The molecule has 0 aliphatic rings. The molecule has 8 nitrogen and oxygen atoms in total. The molecule has 1 aromatic heterocycles. The van der Waals surface area contributed by atoms with Crippen LogP contribution in [0, 0.1) is 24.0 Å². The summed E-state index contributed by atoms with van der Waals surface area (Å²) < 4.78 is 10.3. The van der Waals surface area contributed by atoms with Gasteiger partial charge in [-0.05, 0) is 49.2 Å². The lowest BCUT2D eigenvalue weighted by molar-refractivity contribution is -0.384. The number of nitro groups is 1. The summed E-state index contributed by atoms with van der Waals surface area (Å²) in [7, 11) is 1.48. The van der Waals surface area contributed by atoms with E-state index in [9.17, 15) is 19.7 Å². The highest BCUT2D eigenvalue weighted by molar-refractivity contribution is 6.06. The Morgan fingerprint density at radius 3 is 2.52 bits per heavy atom. The van der Waals surface area contributed by atoms with Gasteiger partial charge in [-0.15, -0.1) is 0 Å².